The lowest BCUT2D eigenvalue weighted by Crippen LogP contribution is -2.41. The van der Waals surface area contributed by atoms with Crippen LogP contribution in [0.5, 0.6) is 0 Å². The standard InChI is InChI=1S/C16H22FN/c1-2-4-12-10-16(12)18-15-8-13(9-15)11-5-3-6-14(17)7-11/h3,5-7,12-13,15-16,18H,2,4,8-10H2,1H3. The Hall–Kier alpha value is -0.890. The van der Waals surface area contributed by atoms with Crippen molar-refractivity contribution in [3.05, 3.63) is 35.6 Å². The maximum atomic E-state index is 13.1. The molecule has 98 valence electrons. The van der Waals surface area contributed by atoms with Crippen molar-refractivity contribution >= 4 is 0 Å². The van der Waals surface area contributed by atoms with E-state index in [-0.39, 0.29) is 5.82 Å². The number of rotatable bonds is 5. The lowest BCUT2D eigenvalue weighted by Gasteiger charge is -2.36. The quantitative estimate of drug-likeness (QED) is 0.833. The van der Waals surface area contributed by atoms with Gasteiger partial charge >= 0.3 is 0 Å². The highest BCUT2D eigenvalue weighted by atomic mass is 19.1. The average molecular weight is 247 g/mol. The molecule has 1 nitrogen and oxygen atoms in total. The first-order valence-corrected chi connectivity index (χ1v) is 7.27. The molecule has 1 aromatic rings. The first kappa shape index (κ1) is 12.2. The number of hydrogen-bond acceptors (Lipinski definition) is 1. The predicted octanol–water partition coefficient (Wildman–Crippen LogP) is 3.85. The lowest BCUT2D eigenvalue weighted by atomic mass is 9.76. The van der Waals surface area contributed by atoms with Gasteiger partial charge in [0.2, 0.25) is 0 Å². The van der Waals surface area contributed by atoms with Gasteiger partial charge in [0.15, 0.2) is 0 Å². The Bertz CT molecular complexity index is 411. The van der Waals surface area contributed by atoms with Crippen LogP contribution in [0, 0.1) is 11.7 Å². The summed E-state index contributed by atoms with van der Waals surface area (Å²) in [5.41, 5.74) is 1.17. The number of halogens is 1. The minimum Gasteiger partial charge on any atom is -0.311 e. The molecule has 18 heavy (non-hydrogen) atoms. The molecule has 0 aliphatic heterocycles. The third kappa shape index (κ3) is 2.59. The molecule has 2 unspecified atom stereocenters. The maximum Gasteiger partial charge on any atom is 0.123 e. The fraction of sp³-hybridized carbons (Fsp3) is 0.625. The number of hydrogen-bond donors (Lipinski definition) is 1. The van der Waals surface area contributed by atoms with Gasteiger partial charge in [0.1, 0.15) is 5.82 Å². The van der Waals surface area contributed by atoms with Crippen LogP contribution < -0.4 is 5.32 Å². The van der Waals surface area contributed by atoms with E-state index in [9.17, 15) is 4.39 Å². The van der Waals surface area contributed by atoms with Crippen LogP contribution in [0.4, 0.5) is 4.39 Å². The first-order chi connectivity index (χ1) is 8.76. The second-order valence-electron chi connectivity index (χ2n) is 5.98. The van der Waals surface area contributed by atoms with Crippen molar-refractivity contribution in [2.75, 3.05) is 0 Å². The fourth-order valence-corrected chi connectivity index (χ4v) is 3.23. The molecular weight excluding hydrogens is 225 g/mol. The molecule has 2 saturated carbocycles. The third-order valence-electron chi connectivity index (χ3n) is 4.49. The van der Waals surface area contributed by atoms with Crippen molar-refractivity contribution in [2.45, 2.75) is 57.0 Å². The fourth-order valence-electron chi connectivity index (χ4n) is 3.23. The van der Waals surface area contributed by atoms with Gasteiger partial charge in [-0.05, 0) is 55.2 Å². The van der Waals surface area contributed by atoms with Crippen molar-refractivity contribution in [3.63, 3.8) is 0 Å². The van der Waals surface area contributed by atoms with Crippen molar-refractivity contribution in [2.24, 2.45) is 5.92 Å². The van der Waals surface area contributed by atoms with Crippen LogP contribution in [0.15, 0.2) is 24.3 Å². The minimum atomic E-state index is -0.103. The highest BCUT2D eigenvalue weighted by molar-refractivity contribution is 5.24. The first-order valence-electron chi connectivity index (χ1n) is 7.27. The molecule has 1 aromatic carbocycles. The van der Waals surface area contributed by atoms with Gasteiger partial charge < -0.3 is 5.32 Å². The zero-order valence-corrected chi connectivity index (χ0v) is 11.0. The van der Waals surface area contributed by atoms with Crippen LogP contribution >= 0.6 is 0 Å². The van der Waals surface area contributed by atoms with Gasteiger partial charge in [-0.2, -0.15) is 0 Å². The van der Waals surface area contributed by atoms with Crippen LogP contribution in [0.2, 0.25) is 0 Å². The number of nitrogens with one attached hydrogen (secondary N) is 1. The molecule has 0 amide bonds. The normalized spacial score (nSPS) is 34.1. The van der Waals surface area contributed by atoms with Gasteiger partial charge in [0.25, 0.3) is 0 Å². The Morgan fingerprint density at radius 2 is 2.11 bits per heavy atom. The molecule has 0 saturated heterocycles. The van der Waals surface area contributed by atoms with Crippen molar-refractivity contribution in [1.82, 2.24) is 5.32 Å². The largest absolute Gasteiger partial charge is 0.311 e. The molecule has 0 heterocycles. The topological polar surface area (TPSA) is 12.0 Å². The maximum absolute atomic E-state index is 13.1. The predicted molar refractivity (Wildman–Crippen MR) is 72.1 cm³/mol. The molecule has 2 aliphatic rings. The van der Waals surface area contributed by atoms with Crippen LogP contribution in [-0.4, -0.2) is 12.1 Å². The van der Waals surface area contributed by atoms with E-state index in [2.05, 4.69) is 18.3 Å². The molecular formula is C16H22FN. The van der Waals surface area contributed by atoms with E-state index in [1.165, 1.54) is 43.7 Å². The van der Waals surface area contributed by atoms with E-state index in [1.807, 2.05) is 6.07 Å². The lowest BCUT2D eigenvalue weighted by molar-refractivity contribution is 0.284. The van der Waals surface area contributed by atoms with Crippen LogP contribution in [0.25, 0.3) is 0 Å². The van der Waals surface area contributed by atoms with E-state index in [0.717, 1.165) is 12.0 Å². The van der Waals surface area contributed by atoms with E-state index in [4.69, 9.17) is 0 Å². The summed E-state index contributed by atoms with van der Waals surface area (Å²) in [7, 11) is 0. The summed E-state index contributed by atoms with van der Waals surface area (Å²) >= 11 is 0. The summed E-state index contributed by atoms with van der Waals surface area (Å²) in [4.78, 5) is 0. The number of benzene rings is 1. The highest BCUT2D eigenvalue weighted by Gasteiger charge is 2.40. The summed E-state index contributed by atoms with van der Waals surface area (Å²) in [5, 5.41) is 3.75. The van der Waals surface area contributed by atoms with E-state index in [1.54, 1.807) is 6.07 Å². The Morgan fingerprint density at radius 1 is 1.28 bits per heavy atom. The average Bonchev–Trinajstić information content (AvgIpc) is 3.02. The summed E-state index contributed by atoms with van der Waals surface area (Å²) in [6.07, 6.45) is 6.41. The van der Waals surface area contributed by atoms with Crippen LogP contribution in [0.3, 0.4) is 0 Å². The van der Waals surface area contributed by atoms with E-state index < -0.39 is 0 Å². The van der Waals surface area contributed by atoms with Gasteiger partial charge in [-0.3, -0.25) is 0 Å². The third-order valence-corrected chi connectivity index (χ3v) is 4.49. The van der Waals surface area contributed by atoms with Crippen molar-refractivity contribution < 1.29 is 4.39 Å². The molecule has 2 aliphatic carbocycles. The molecule has 0 spiro atoms. The summed E-state index contributed by atoms with van der Waals surface area (Å²) in [5.74, 6) is 1.40. The van der Waals surface area contributed by atoms with Gasteiger partial charge in [-0.25, -0.2) is 4.39 Å². The molecule has 0 bridgehead atoms. The molecule has 0 radical (unpaired) electrons. The Kier molecular flexibility index (Phi) is 3.38. The summed E-state index contributed by atoms with van der Waals surface area (Å²) < 4.78 is 13.1. The van der Waals surface area contributed by atoms with Crippen LogP contribution in [-0.2, 0) is 0 Å². The van der Waals surface area contributed by atoms with Crippen LogP contribution in [0.1, 0.15) is 50.5 Å². The Morgan fingerprint density at radius 3 is 2.83 bits per heavy atom. The van der Waals surface area contributed by atoms with E-state index in [0.29, 0.717) is 12.0 Å². The van der Waals surface area contributed by atoms with Crippen molar-refractivity contribution in [1.29, 1.82) is 0 Å². The summed E-state index contributed by atoms with van der Waals surface area (Å²) in [6, 6.07) is 8.55. The highest BCUT2D eigenvalue weighted by Crippen LogP contribution is 2.41. The molecule has 2 fully saturated rings. The zero-order chi connectivity index (χ0) is 12.5. The molecule has 2 atom stereocenters. The molecule has 3 rings (SSSR count). The van der Waals surface area contributed by atoms with Gasteiger partial charge in [-0.15, -0.1) is 0 Å². The molecule has 1 N–H and O–H groups in total. The molecule has 2 heteroatoms. The van der Waals surface area contributed by atoms with Gasteiger partial charge in [0, 0.05) is 12.1 Å². The zero-order valence-electron chi connectivity index (χ0n) is 11.0. The minimum absolute atomic E-state index is 0.103. The van der Waals surface area contributed by atoms with Gasteiger partial charge in [-0.1, -0.05) is 25.5 Å². The monoisotopic (exact) mass is 247 g/mol. The van der Waals surface area contributed by atoms with Crippen molar-refractivity contribution in [3.8, 4) is 0 Å². The summed E-state index contributed by atoms with van der Waals surface area (Å²) in [6.45, 7) is 2.26. The Labute approximate surface area is 109 Å². The SMILES string of the molecule is CCCC1CC1NC1CC(c2cccc(F)c2)C1. The van der Waals surface area contributed by atoms with E-state index >= 15 is 0 Å². The van der Waals surface area contributed by atoms with Gasteiger partial charge in [0.05, 0.1) is 0 Å². The molecule has 0 aromatic heterocycles. The second-order valence-corrected chi connectivity index (χ2v) is 5.98. The second kappa shape index (κ2) is 5.00. The smallest absolute Gasteiger partial charge is 0.123 e. The Balaban J connectivity index is 1.44.